The van der Waals surface area contributed by atoms with Crippen molar-refractivity contribution in [2.24, 2.45) is 0 Å². The Labute approximate surface area is 177 Å². The lowest BCUT2D eigenvalue weighted by atomic mass is 10.1. The number of nitrogens with one attached hydrogen (secondary N) is 2. The van der Waals surface area contributed by atoms with E-state index < -0.39 is 32.1 Å². The number of hydrogen-bond donors (Lipinski definition) is 3. The molecule has 1 heterocycles. The Balaban J connectivity index is 3.04. The lowest BCUT2D eigenvalue weighted by Gasteiger charge is -2.38. The lowest BCUT2D eigenvalue weighted by molar-refractivity contribution is 0.00244. The molecule has 0 aliphatic heterocycles. The third kappa shape index (κ3) is 5.96. The van der Waals surface area contributed by atoms with E-state index in [1.807, 2.05) is 0 Å². The molecule has 0 aliphatic carbocycles. The summed E-state index contributed by atoms with van der Waals surface area (Å²) in [6.07, 6.45) is 1.45. The molecule has 0 radical (unpaired) electrons. The molecule has 164 valence electrons. The molecule has 0 saturated carbocycles. The maximum Gasteiger partial charge on any atom is 0.192 e. The summed E-state index contributed by atoms with van der Waals surface area (Å²) in [5.74, 6) is 0. The molecule has 0 spiro atoms. The summed E-state index contributed by atoms with van der Waals surface area (Å²) >= 11 is 1.13. The van der Waals surface area contributed by atoms with Crippen LogP contribution in [0.4, 0.5) is 0 Å². The average Bonchev–Trinajstić information content (AvgIpc) is 2.93. The summed E-state index contributed by atoms with van der Waals surface area (Å²) in [6, 6.07) is 0. The molecule has 1 aromatic heterocycles. The molecule has 1 rings (SSSR count). The smallest absolute Gasteiger partial charge is 0.192 e. The van der Waals surface area contributed by atoms with Crippen LogP contribution in [0.1, 0.15) is 53.5 Å². The van der Waals surface area contributed by atoms with E-state index in [1.54, 1.807) is 6.92 Å². The number of rotatable bonds is 7. The van der Waals surface area contributed by atoms with Gasteiger partial charge in [-0.15, -0.1) is 11.3 Å². The van der Waals surface area contributed by atoms with Gasteiger partial charge in [-0.2, -0.15) is 0 Å². The zero-order valence-corrected chi connectivity index (χ0v) is 22.9. The van der Waals surface area contributed by atoms with Crippen molar-refractivity contribution < 1.29 is 13.7 Å². The van der Waals surface area contributed by atoms with Gasteiger partial charge in [0.25, 0.3) is 0 Å². The van der Waals surface area contributed by atoms with Crippen LogP contribution >= 0.6 is 11.3 Å². The highest BCUT2D eigenvalue weighted by Crippen LogP contribution is 2.39. The predicted molar refractivity (Wildman–Crippen MR) is 124 cm³/mol. The molecule has 0 aliphatic rings. The molecule has 0 bridgehead atoms. The van der Waals surface area contributed by atoms with Gasteiger partial charge in [-0.05, 0) is 30.1 Å². The number of thiazole rings is 1. The van der Waals surface area contributed by atoms with Gasteiger partial charge in [-0.1, -0.05) is 54.6 Å². The fourth-order valence-corrected chi connectivity index (χ4v) is 9.34. The molecule has 28 heavy (non-hydrogen) atoms. The summed E-state index contributed by atoms with van der Waals surface area (Å²) in [5.41, 5.74) is -1.29. The summed E-state index contributed by atoms with van der Waals surface area (Å²) in [5, 5.41) is 11.4. The molecule has 6 nitrogen and oxygen atoms in total. The van der Waals surface area contributed by atoms with Crippen molar-refractivity contribution in [3.63, 3.8) is 0 Å². The van der Waals surface area contributed by atoms with Crippen molar-refractivity contribution in [1.29, 1.82) is 4.78 Å². The van der Waals surface area contributed by atoms with Crippen LogP contribution in [0.25, 0.3) is 0 Å². The van der Waals surface area contributed by atoms with E-state index >= 15 is 0 Å². The highest BCUT2D eigenvalue weighted by Gasteiger charge is 2.41. The second kappa shape index (κ2) is 7.86. The van der Waals surface area contributed by atoms with Crippen molar-refractivity contribution in [3.8, 4) is 0 Å². The standard InChI is InChI=1S/C18H39N3O3S2Si2/c1-16(2,3)27(8,9)21-26(19,23)14-12-20-15(25-14)18(7,22)13-24-28(10,11)17(4,5)6/h12,22H,13H2,1-11H3,(H2,19,21,23). The zero-order valence-electron chi connectivity index (χ0n) is 19.3. The average molecular weight is 466 g/mol. The predicted octanol–water partition coefficient (Wildman–Crippen LogP) is 5.29. The SMILES string of the molecule is CC(O)(CO[Si](C)(C)C(C)(C)C)c1ncc(S(=N)(=O)N[Si](C)(C)C(C)(C)C)s1. The number of aliphatic hydroxyl groups is 1. The largest absolute Gasteiger partial charge is 0.413 e. The highest BCUT2D eigenvalue weighted by molar-refractivity contribution is 7.94. The van der Waals surface area contributed by atoms with Crippen LogP contribution in [0, 0.1) is 4.78 Å². The minimum absolute atomic E-state index is 0.0414. The number of aromatic nitrogens is 1. The van der Waals surface area contributed by atoms with Crippen molar-refractivity contribution in [2.75, 3.05) is 6.61 Å². The van der Waals surface area contributed by atoms with Gasteiger partial charge >= 0.3 is 0 Å². The van der Waals surface area contributed by atoms with Crippen molar-refractivity contribution in [2.45, 2.75) is 94.5 Å². The van der Waals surface area contributed by atoms with Gasteiger partial charge in [0, 0.05) is 0 Å². The van der Waals surface area contributed by atoms with Gasteiger partial charge in [-0.25, -0.2) is 18.4 Å². The summed E-state index contributed by atoms with van der Waals surface area (Å²) in [4.78, 5) is 4.29. The van der Waals surface area contributed by atoms with E-state index in [9.17, 15) is 9.32 Å². The normalized spacial score (nSPS) is 18.6. The minimum atomic E-state index is -3.18. The monoisotopic (exact) mass is 465 g/mol. The molecule has 1 aromatic rings. The van der Waals surface area contributed by atoms with E-state index in [2.05, 4.69) is 77.1 Å². The first-order valence-electron chi connectivity index (χ1n) is 9.53. The fourth-order valence-electron chi connectivity index (χ4n) is 1.80. The molecule has 3 N–H and O–H groups in total. The van der Waals surface area contributed by atoms with Crippen LogP contribution in [-0.2, 0) is 19.9 Å². The minimum Gasteiger partial charge on any atom is -0.413 e. The van der Waals surface area contributed by atoms with E-state index in [1.165, 1.54) is 6.20 Å². The van der Waals surface area contributed by atoms with Gasteiger partial charge in [0.2, 0.25) is 0 Å². The van der Waals surface area contributed by atoms with Crippen LogP contribution in [0.3, 0.4) is 0 Å². The van der Waals surface area contributed by atoms with Gasteiger partial charge in [0.05, 0.1) is 12.8 Å². The Kier molecular flexibility index (Phi) is 7.28. The molecular weight excluding hydrogens is 427 g/mol. The van der Waals surface area contributed by atoms with E-state index in [4.69, 9.17) is 9.21 Å². The molecule has 0 saturated heterocycles. The van der Waals surface area contributed by atoms with Gasteiger partial charge in [0.1, 0.15) is 33.0 Å². The van der Waals surface area contributed by atoms with Crippen molar-refractivity contribution in [1.82, 2.24) is 9.37 Å². The van der Waals surface area contributed by atoms with Crippen LogP contribution in [0.15, 0.2) is 10.4 Å². The van der Waals surface area contributed by atoms with E-state index in [0.717, 1.165) is 11.3 Å². The van der Waals surface area contributed by atoms with Crippen LogP contribution < -0.4 is 4.39 Å². The van der Waals surface area contributed by atoms with Crippen LogP contribution in [0.5, 0.6) is 0 Å². The van der Waals surface area contributed by atoms with Gasteiger partial charge < -0.3 is 9.53 Å². The maximum absolute atomic E-state index is 13.1. The topological polar surface area (TPSA) is 95.3 Å². The van der Waals surface area contributed by atoms with Crippen molar-refractivity contribution >= 4 is 37.8 Å². The fraction of sp³-hybridized carbons (Fsp3) is 0.833. The van der Waals surface area contributed by atoms with Gasteiger partial charge in [0.15, 0.2) is 8.32 Å². The molecule has 0 fully saturated rings. The lowest BCUT2D eigenvalue weighted by Crippen LogP contribution is -2.53. The summed E-state index contributed by atoms with van der Waals surface area (Å²) < 4.78 is 31.1. The Morgan fingerprint density at radius 2 is 1.64 bits per heavy atom. The van der Waals surface area contributed by atoms with Gasteiger partial charge in [-0.3, -0.25) is 0 Å². The first-order chi connectivity index (χ1) is 12.1. The molecular formula is C18H39N3O3S2Si2. The molecule has 0 amide bonds. The van der Waals surface area contributed by atoms with Crippen LogP contribution in [0.2, 0.25) is 36.3 Å². The zero-order chi connectivity index (χ0) is 22.4. The summed E-state index contributed by atoms with van der Waals surface area (Å²) in [6.45, 7) is 23.0. The first-order valence-corrected chi connectivity index (χ1v) is 17.8. The van der Waals surface area contributed by atoms with Crippen molar-refractivity contribution in [3.05, 3.63) is 11.2 Å². The Bertz CT molecular complexity index is 790. The number of nitrogens with zero attached hydrogens (tertiary/aromatic N) is 1. The third-order valence-electron chi connectivity index (χ3n) is 6.02. The molecule has 2 atom stereocenters. The second-order valence-electron chi connectivity index (χ2n) is 10.8. The summed E-state index contributed by atoms with van der Waals surface area (Å²) in [7, 11) is -7.33. The van der Waals surface area contributed by atoms with E-state index in [-0.39, 0.29) is 16.7 Å². The maximum atomic E-state index is 13.1. The van der Waals surface area contributed by atoms with Crippen LogP contribution in [-0.4, -0.2) is 37.5 Å². The number of hydrogen-bond acceptors (Lipinski definition) is 6. The third-order valence-corrected chi connectivity index (χ3v) is 20.1. The Hall–Kier alpha value is -0.106. The second-order valence-corrected chi connectivity index (χ2v) is 24.1. The molecule has 2 unspecified atom stereocenters. The highest BCUT2D eigenvalue weighted by atomic mass is 32.2. The first kappa shape index (κ1) is 25.9. The molecule has 10 heteroatoms. The quantitative estimate of drug-likeness (QED) is 0.477. The Morgan fingerprint density at radius 3 is 2.07 bits per heavy atom. The Morgan fingerprint density at radius 1 is 1.14 bits per heavy atom. The van der Waals surface area contributed by atoms with E-state index in [0.29, 0.717) is 9.22 Å². The molecule has 0 aromatic carbocycles.